The smallest absolute Gasteiger partial charge is 0.198 e. The van der Waals surface area contributed by atoms with Gasteiger partial charge in [0.05, 0.1) is 5.56 Å². The van der Waals surface area contributed by atoms with Crippen LogP contribution in [0.5, 0.6) is 5.75 Å². The number of ketones is 1. The molecular formula is C26H20O3. The van der Waals surface area contributed by atoms with Crippen LogP contribution in [-0.4, -0.2) is 11.9 Å². The lowest BCUT2D eigenvalue weighted by Crippen LogP contribution is -2.10. The van der Waals surface area contributed by atoms with Gasteiger partial charge in [-0.15, -0.1) is 0 Å². The Bertz CT molecular complexity index is 1170. The van der Waals surface area contributed by atoms with E-state index in [1.165, 1.54) is 5.39 Å². The van der Waals surface area contributed by atoms with Crippen LogP contribution in [0.25, 0.3) is 10.8 Å². The van der Waals surface area contributed by atoms with Crippen molar-refractivity contribution in [3.8, 4) is 5.75 Å². The van der Waals surface area contributed by atoms with Crippen LogP contribution >= 0.6 is 0 Å². The zero-order valence-corrected chi connectivity index (χ0v) is 15.8. The Kier molecular flexibility index (Phi) is 4.59. The molecule has 0 aliphatic carbocycles. The fourth-order valence-corrected chi connectivity index (χ4v) is 3.63. The standard InChI is InChI=1S/C26H20O3/c27-24(22-12-6-7-13-23(22)28-17-18-8-2-1-3-9-18)26-25(29-26)21-15-14-19-10-4-5-11-20(19)16-21/h1-16,25-26H,17H2/t25-,26+/m0/s1. The molecule has 0 N–H and O–H groups in total. The van der Waals surface area contributed by atoms with Gasteiger partial charge < -0.3 is 9.47 Å². The minimum absolute atomic E-state index is 0.0354. The van der Waals surface area contributed by atoms with Crippen LogP contribution in [0, 0.1) is 0 Å². The first-order valence-electron chi connectivity index (χ1n) is 9.74. The van der Waals surface area contributed by atoms with E-state index in [-0.39, 0.29) is 11.9 Å². The third kappa shape index (κ3) is 3.65. The van der Waals surface area contributed by atoms with Gasteiger partial charge in [0.15, 0.2) is 11.9 Å². The Morgan fingerprint density at radius 1 is 0.793 bits per heavy atom. The average Bonchev–Trinajstić information content (AvgIpc) is 3.59. The van der Waals surface area contributed by atoms with Crippen LogP contribution in [-0.2, 0) is 11.3 Å². The molecule has 4 aromatic rings. The molecule has 1 heterocycles. The van der Waals surface area contributed by atoms with Crippen molar-refractivity contribution in [2.45, 2.75) is 18.8 Å². The molecule has 1 aliphatic heterocycles. The molecule has 3 nitrogen and oxygen atoms in total. The van der Waals surface area contributed by atoms with Gasteiger partial charge in [-0.1, -0.05) is 78.9 Å². The summed E-state index contributed by atoms with van der Waals surface area (Å²) in [6.07, 6.45) is -0.660. The summed E-state index contributed by atoms with van der Waals surface area (Å²) < 4.78 is 11.7. The van der Waals surface area contributed by atoms with Gasteiger partial charge in [0.1, 0.15) is 18.5 Å². The molecule has 1 saturated heterocycles. The molecule has 0 radical (unpaired) electrons. The monoisotopic (exact) mass is 380 g/mol. The van der Waals surface area contributed by atoms with Gasteiger partial charge in [0.2, 0.25) is 0 Å². The summed E-state index contributed by atoms with van der Waals surface area (Å²) >= 11 is 0. The van der Waals surface area contributed by atoms with Crippen molar-refractivity contribution in [2.24, 2.45) is 0 Å². The number of carbonyl (C=O) groups is 1. The number of Topliss-reactive ketones (excluding diaryl/α,β-unsaturated/α-hetero) is 1. The SMILES string of the molecule is O=C(c1ccccc1OCc1ccccc1)[C@H]1O[C@H]1c1ccc2ccccc2c1. The fraction of sp³-hybridized carbons (Fsp3) is 0.115. The second kappa shape index (κ2) is 7.53. The number of fused-ring (bicyclic) bond motifs is 1. The highest BCUT2D eigenvalue weighted by Gasteiger charge is 2.46. The quantitative estimate of drug-likeness (QED) is 0.316. The van der Waals surface area contributed by atoms with Gasteiger partial charge in [0, 0.05) is 0 Å². The topological polar surface area (TPSA) is 38.8 Å². The van der Waals surface area contributed by atoms with E-state index in [0.717, 1.165) is 16.5 Å². The summed E-state index contributed by atoms with van der Waals surface area (Å²) in [4.78, 5) is 13.1. The van der Waals surface area contributed by atoms with Crippen LogP contribution in [0.2, 0.25) is 0 Å². The first-order chi connectivity index (χ1) is 14.3. The average molecular weight is 380 g/mol. The first-order valence-corrected chi connectivity index (χ1v) is 9.74. The zero-order chi connectivity index (χ0) is 19.6. The van der Waals surface area contributed by atoms with Gasteiger partial charge in [-0.25, -0.2) is 0 Å². The number of hydrogen-bond acceptors (Lipinski definition) is 3. The zero-order valence-electron chi connectivity index (χ0n) is 15.8. The maximum atomic E-state index is 13.1. The predicted octanol–water partition coefficient (Wildman–Crippen LogP) is 5.74. The van der Waals surface area contributed by atoms with Crippen LogP contribution in [0.1, 0.15) is 27.6 Å². The Balaban J connectivity index is 1.33. The summed E-state index contributed by atoms with van der Waals surface area (Å²) in [6.45, 7) is 0.421. The van der Waals surface area contributed by atoms with E-state index in [1.54, 1.807) is 0 Å². The van der Waals surface area contributed by atoms with Crippen molar-refractivity contribution in [1.82, 2.24) is 0 Å². The number of para-hydroxylation sites is 1. The van der Waals surface area contributed by atoms with E-state index in [9.17, 15) is 4.79 Å². The molecule has 0 saturated carbocycles. The fourth-order valence-electron chi connectivity index (χ4n) is 3.63. The van der Waals surface area contributed by atoms with Crippen LogP contribution in [0.3, 0.4) is 0 Å². The highest BCUT2D eigenvalue weighted by molar-refractivity contribution is 6.03. The van der Waals surface area contributed by atoms with E-state index in [2.05, 4.69) is 24.3 Å². The Morgan fingerprint density at radius 2 is 1.52 bits per heavy atom. The molecule has 5 rings (SSSR count). The maximum absolute atomic E-state index is 13.1. The molecule has 0 amide bonds. The lowest BCUT2D eigenvalue weighted by molar-refractivity contribution is 0.0949. The summed E-state index contributed by atoms with van der Waals surface area (Å²) in [7, 11) is 0. The molecule has 2 atom stereocenters. The van der Waals surface area contributed by atoms with Gasteiger partial charge in [-0.3, -0.25) is 4.79 Å². The largest absolute Gasteiger partial charge is 0.488 e. The van der Waals surface area contributed by atoms with Crippen molar-refractivity contribution in [1.29, 1.82) is 0 Å². The summed E-state index contributed by atoms with van der Waals surface area (Å²) in [6, 6.07) is 31.7. The third-order valence-electron chi connectivity index (χ3n) is 5.24. The Hall–Kier alpha value is -3.43. The Labute approximate surface area is 169 Å². The van der Waals surface area contributed by atoms with E-state index < -0.39 is 6.10 Å². The third-order valence-corrected chi connectivity index (χ3v) is 5.24. The molecule has 0 unspecified atom stereocenters. The van der Waals surface area contributed by atoms with Crippen molar-refractivity contribution >= 4 is 16.6 Å². The van der Waals surface area contributed by atoms with Crippen molar-refractivity contribution in [3.63, 3.8) is 0 Å². The summed E-state index contributed by atoms with van der Waals surface area (Å²) in [5, 5.41) is 2.33. The predicted molar refractivity (Wildman–Crippen MR) is 113 cm³/mol. The Morgan fingerprint density at radius 3 is 2.38 bits per heavy atom. The first kappa shape index (κ1) is 17.7. The number of benzene rings is 4. The lowest BCUT2D eigenvalue weighted by Gasteiger charge is -2.10. The van der Waals surface area contributed by atoms with Crippen LogP contribution in [0.15, 0.2) is 97.1 Å². The maximum Gasteiger partial charge on any atom is 0.198 e. The molecule has 1 fully saturated rings. The van der Waals surface area contributed by atoms with Gasteiger partial charge in [-0.05, 0) is 40.1 Å². The van der Waals surface area contributed by atoms with Crippen LogP contribution in [0.4, 0.5) is 0 Å². The molecular weight excluding hydrogens is 360 g/mol. The molecule has 0 spiro atoms. The minimum Gasteiger partial charge on any atom is -0.488 e. The molecule has 3 heteroatoms. The van der Waals surface area contributed by atoms with Crippen molar-refractivity contribution < 1.29 is 14.3 Å². The van der Waals surface area contributed by atoms with Gasteiger partial charge in [0.25, 0.3) is 0 Å². The normalized spacial score (nSPS) is 17.8. The van der Waals surface area contributed by atoms with Gasteiger partial charge >= 0.3 is 0 Å². The van der Waals surface area contributed by atoms with E-state index in [0.29, 0.717) is 17.9 Å². The molecule has 142 valence electrons. The van der Waals surface area contributed by atoms with E-state index in [1.807, 2.05) is 72.8 Å². The molecule has 29 heavy (non-hydrogen) atoms. The highest BCUT2D eigenvalue weighted by Crippen LogP contribution is 2.42. The lowest BCUT2D eigenvalue weighted by atomic mass is 10.00. The van der Waals surface area contributed by atoms with Crippen molar-refractivity contribution in [2.75, 3.05) is 0 Å². The van der Waals surface area contributed by atoms with Crippen molar-refractivity contribution in [3.05, 3.63) is 114 Å². The molecule has 1 aliphatic rings. The van der Waals surface area contributed by atoms with Crippen LogP contribution < -0.4 is 4.74 Å². The number of rotatable bonds is 6. The van der Waals surface area contributed by atoms with E-state index >= 15 is 0 Å². The van der Waals surface area contributed by atoms with Gasteiger partial charge in [-0.2, -0.15) is 0 Å². The summed E-state index contributed by atoms with van der Waals surface area (Å²) in [5.74, 6) is 0.556. The highest BCUT2D eigenvalue weighted by atomic mass is 16.6. The second-order valence-corrected chi connectivity index (χ2v) is 7.22. The number of hydrogen-bond donors (Lipinski definition) is 0. The molecule has 4 aromatic carbocycles. The second-order valence-electron chi connectivity index (χ2n) is 7.22. The minimum atomic E-state index is -0.461. The molecule has 0 bridgehead atoms. The number of ether oxygens (including phenoxy) is 2. The van der Waals surface area contributed by atoms with E-state index in [4.69, 9.17) is 9.47 Å². The molecule has 0 aromatic heterocycles. The number of carbonyl (C=O) groups excluding carboxylic acids is 1. The summed E-state index contributed by atoms with van der Waals surface area (Å²) in [5.41, 5.74) is 2.66. The number of epoxide rings is 1.